The van der Waals surface area contributed by atoms with Crippen LogP contribution in [0.2, 0.25) is 0 Å². The molecule has 3 nitrogen and oxygen atoms in total. The predicted molar refractivity (Wildman–Crippen MR) is 68.1 cm³/mol. The molecule has 0 saturated carbocycles. The van der Waals surface area contributed by atoms with Crippen LogP contribution < -0.4 is 5.73 Å². The number of nitrogens with two attached hydrogens (primary N) is 1. The molecule has 0 bridgehead atoms. The molecule has 0 fully saturated rings. The molecule has 3 heteroatoms. The standard InChI is InChI=1S/C13H22N2O/c1-15(9-10-16-2)13-7-3-5-12(11-14)6-4-8-13/h3,6-8H,4-5,9-11,14H2,1-2H3/b7-3-,12-6+,13-8+. The number of methoxy groups -OCH3 is 1. The zero-order chi connectivity index (χ0) is 11.8. The highest BCUT2D eigenvalue weighted by molar-refractivity contribution is 5.24. The van der Waals surface area contributed by atoms with E-state index in [0.717, 1.165) is 26.0 Å². The minimum atomic E-state index is 0.660. The maximum Gasteiger partial charge on any atom is 0.0637 e. The Kier molecular flexibility index (Phi) is 5.90. The average Bonchev–Trinajstić information content (AvgIpc) is 2.26. The second kappa shape index (κ2) is 7.25. The van der Waals surface area contributed by atoms with Crippen molar-refractivity contribution in [1.82, 2.24) is 4.90 Å². The minimum Gasteiger partial charge on any atom is -0.383 e. The molecule has 0 aromatic rings. The van der Waals surface area contributed by atoms with Gasteiger partial charge in [0.25, 0.3) is 0 Å². The molecule has 0 radical (unpaired) electrons. The highest BCUT2D eigenvalue weighted by atomic mass is 16.5. The smallest absolute Gasteiger partial charge is 0.0637 e. The van der Waals surface area contributed by atoms with Gasteiger partial charge in [0.15, 0.2) is 0 Å². The van der Waals surface area contributed by atoms with Gasteiger partial charge in [-0.1, -0.05) is 23.8 Å². The zero-order valence-electron chi connectivity index (χ0n) is 10.3. The molecule has 1 aliphatic rings. The summed E-state index contributed by atoms with van der Waals surface area (Å²) in [5.74, 6) is 0. The first-order valence-corrected chi connectivity index (χ1v) is 5.72. The molecule has 0 saturated heterocycles. The van der Waals surface area contributed by atoms with Gasteiger partial charge < -0.3 is 15.4 Å². The molecule has 0 heterocycles. The van der Waals surface area contributed by atoms with Crippen molar-refractivity contribution < 1.29 is 4.74 Å². The second-order valence-electron chi connectivity index (χ2n) is 3.95. The molecule has 16 heavy (non-hydrogen) atoms. The summed E-state index contributed by atoms with van der Waals surface area (Å²) in [4.78, 5) is 2.21. The third-order valence-corrected chi connectivity index (χ3v) is 2.74. The zero-order valence-corrected chi connectivity index (χ0v) is 10.3. The Labute approximate surface area is 98.3 Å². The van der Waals surface area contributed by atoms with Crippen LogP contribution in [0, 0.1) is 0 Å². The van der Waals surface area contributed by atoms with Crippen molar-refractivity contribution in [2.75, 3.05) is 33.9 Å². The van der Waals surface area contributed by atoms with Gasteiger partial charge >= 0.3 is 0 Å². The Bertz CT molecular complexity index is 292. The number of rotatable bonds is 5. The van der Waals surface area contributed by atoms with Gasteiger partial charge in [0, 0.05) is 32.9 Å². The van der Waals surface area contributed by atoms with Crippen LogP contribution in [0.1, 0.15) is 12.8 Å². The fraction of sp³-hybridized carbons (Fsp3) is 0.538. The number of likely N-dealkylation sites (N-methyl/N-ethyl adjacent to an activating group) is 1. The van der Waals surface area contributed by atoms with E-state index in [1.165, 1.54) is 11.3 Å². The summed E-state index contributed by atoms with van der Waals surface area (Å²) in [5.41, 5.74) is 8.20. The largest absolute Gasteiger partial charge is 0.383 e. The van der Waals surface area contributed by atoms with Gasteiger partial charge in [-0.2, -0.15) is 0 Å². The summed E-state index contributed by atoms with van der Waals surface area (Å²) in [5, 5.41) is 0. The Morgan fingerprint density at radius 1 is 1.44 bits per heavy atom. The summed E-state index contributed by atoms with van der Waals surface area (Å²) < 4.78 is 5.07. The number of hydrogen-bond donors (Lipinski definition) is 1. The lowest BCUT2D eigenvalue weighted by Crippen LogP contribution is -2.21. The Morgan fingerprint density at radius 3 is 2.94 bits per heavy atom. The van der Waals surface area contributed by atoms with Crippen LogP contribution in [0.5, 0.6) is 0 Å². The molecule has 0 atom stereocenters. The first kappa shape index (κ1) is 13.0. The van der Waals surface area contributed by atoms with E-state index in [0.29, 0.717) is 6.54 Å². The molecule has 0 amide bonds. The van der Waals surface area contributed by atoms with Crippen LogP contribution in [0.4, 0.5) is 0 Å². The van der Waals surface area contributed by atoms with Crippen LogP contribution >= 0.6 is 0 Å². The van der Waals surface area contributed by atoms with E-state index in [1.54, 1.807) is 7.11 Å². The molecule has 0 aromatic carbocycles. The highest BCUT2D eigenvalue weighted by Crippen LogP contribution is 2.12. The molecule has 1 aliphatic carbocycles. The lowest BCUT2D eigenvalue weighted by Gasteiger charge is -2.20. The molecule has 0 unspecified atom stereocenters. The van der Waals surface area contributed by atoms with Crippen LogP contribution in [0.15, 0.2) is 35.6 Å². The number of nitrogens with zero attached hydrogens (tertiary/aromatic N) is 1. The maximum absolute atomic E-state index is 5.63. The summed E-state index contributed by atoms with van der Waals surface area (Å²) in [6.07, 6.45) is 10.7. The Balaban J connectivity index is 2.58. The van der Waals surface area contributed by atoms with Gasteiger partial charge in [0.2, 0.25) is 0 Å². The van der Waals surface area contributed by atoms with Crippen molar-refractivity contribution in [1.29, 1.82) is 0 Å². The van der Waals surface area contributed by atoms with Gasteiger partial charge in [-0.05, 0) is 18.9 Å². The van der Waals surface area contributed by atoms with Crippen LogP contribution in [0.3, 0.4) is 0 Å². The van der Waals surface area contributed by atoms with Gasteiger partial charge in [-0.25, -0.2) is 0 Å². The number of allylic oxidation sites excluding steroid dienone is 4. The highest BCUT2D eigenvalue weighted by Gasteiger charge is 2.02. The predicted octanol–water partition coefficient (Wildman–Crippen LogP) is 1.68. The van der Waals surface area contributed by atoms with Crippen LogP contribution in [-0.4, -0.2) is 38.8 Å². The van der Waals surface area contributed by atoms with E-state index in [2.05, 4.69) is 36.3 Å². The van der Waals surface area contributed by atoms with Crippen molar-refractivity contribution >= 4 is 0 Å². The first-order chi connectivity index (χ1) is 7.77. The SMILES string of the molecule is COCCN(C)C1=C/C/C=C(/CN)C/C=C\1. The Hall–Kier alpha value is -1.06. The van der Waals surface area contributed by atoms with Gasteiger partial charge in [0.05, 0.1) is 6.61 Å². The first-order valence-electron chi connectivity index (χ1n) is 5.72. The number of ether oxygens (including phenoxy) is 1. The summed E-state index contributed by atoms with van der Waals surface area (Å²) in [6, 6.07) is 0. The van der Waals surface area contributed by atoms with E-state index < -0.39 is 0 Å². The monoisotopic (exact) mass is 222 g/mol. The van der Waals surface area contributed by atoms with Gasteiger partial charge in [-0.3, -0.25) is 0 Å². The Morgan fingerprint density at radius 2 is 2.25 bits per heavy atom. The van der Waals surface area contributed by atoms with Gasteiger partial charge in [-0.15, -0.1) is 0 Å². The van der Waals surface area contributed by atoms with E-state index in [-0.39, 0.29) is 0 Å². The summed E-state index contributed by atoms with van der Waals surface area (Å²) in [6.45, 7) is 2.33. The molecule has 90 valence electrons. The van der Waals surface area contributed by atoms with Crippen LogP contribution in [0.25, 0.3) is 0 Å². The van der Waals surface area contributed by atoms with E-state index in [1.807, 2.05) is 0 Å². The molecule has 0 spiro atoms. The van der Waals surface area contributed by atoms with Crippen molar-refractivity contribution in [3.05, 3.63) is 35.6 Å². The van der Waals surface area contributed by atoms with Crippen molar-refractivity contribution in [3.8, 4) is 0 Å². The van der Waals surface area contributed by atoms with E-state index in [9.17, 15) is 0 Å². The van der Waals surface area contributed by atoms with Crippen molar-refractivity contribution in [2.45, 2.75) is 12.8 Å². The lowest BCUT2D eigenvalue weighted by molar-refractivity contribution is 0.175. The number of hydrogen-bond acceptors (Lipinski definition) is 3. The second-order valence-corrected chi connectivity index (χ2v) is 3.95. The van der Waals surface area contributed by atoms with Crippen LogP contribution in [-0.2, 0) is 4.74 Å². The quantitative estimate of drug-likeness (QED) is 0.719. The molecule has 0 aromatic heterocycles. The normalized spacial score (nSPS) is 24.7. The van der Waals surface area contributed by atoms with E-state index in [4.69, 9.17) is 10.5 Å². The van der Waals surface area contributed by atoms with E-state index >= 15 is 0 Å². The third kappa shape index (κ3) is 4.21. The average molecular weight is 222 g/mol. The molecular weight excluding hydrogens is 200 g/mol. The topological polar surface area (TPSA) is 38.5 Å². The van der Waals surface area contributed by atoms with Gasteiger partial charge in [0.1, 0.15) is 0 Å². The molecular formula is C13H22N2O. The minimum absolute atomic E-state index is 0.660. The third-order valence-electron chi connectivity index (χ3n) is 2.74. The molecule has 2 N–H and O–H groups in total. The molecule has 0 aliphatic heterocycles. The molecule has 1 rings (SSSR count). The maximum atomic E-state index is 5.63. The fourth-order valence-corrected chi connectivity index (χ4v) is 1.64. The fourth-order valence-electron chi connectivity index (χ4n) is 1.64. The lowest BCUT2D eigenvalue weighted by atomic mass is 10.1. The summed E-state index contributed by atoms with van der Waals surface area (Å²) in [7, 11) is 3.82. The van der Waals surface area contributed by atoms with Crippen molar-refractivity contribution in [3.63, 3.8) is 0 Å². The summed E-state index contributed by atoms with van der Waals surface area (Å²) >= 11 is 0. The van der Waals surface area contributed by atoms with Crippen molar-refractivity contribution in [2.24, 2.45) is 5.73 Å².